The van der Waals surface area contributed by atoms with Crippen LogP contribution in [0.1, 0.15) is 18.1 Å². The minimum absolute atomic E-state index is 0.386. The molecule has 0 atom stereocenters. The molecule has 0 N–H and O–H groups in total. The molecule has 0 fully saturated rings. The smallest absolute Gasteiger partial charge is 0.308 e. The molecule has 2 aromatic carbocycles. The fourth-order valence-corrected chi connectivity index (χ4v) is 2.38. The van der Waals surface area contributed by atoms with Crippen molar-refractivity contribution in [1.29, 1.82) is 5.26 Å². The highest BCUT2D eigenvalue weighted by molar-refractivity contribution is 5.90. The van der Waals surface area contributed by atoms with Crippen LogP contribution in [0.25, 0.3) is 11.6 Å². The average molecular weight is 353 g/mol. The van der Waals surface area contributed by atoms with E-state index >= 15 is 0 Å². The molecule has 0 saturated heterocycles. The zero-order chi connectivity index (χ0) is 19.1. The fourth-order valence-electron chi connectivity index (χ4n) is 2.38. The lowest BCUT2D eigenvalue weighted by atomic mass is 10.0. The molecule has 0 aliphatic heterocycles. The van der Waals surface area contributed by atoms with Gasteiger partial charge in [0.25, 0.3) is 0 Å². The Labute approximate surface area is 152 Å². The number of rotatable bonds is 6. The minimum atomic E-state index is -0.386. The van der Waals surface area contributed by atoms with E-state index in [1.165, 1.54) is 28.3 Å². The lowest BCUT2D eigenvalue weighted by Crippen LogP contribution is -2.00. The van der Waals surface area contributed by atoms with Gasteiger partial charge in [-0.05, 0) is 41.5 Å². The van der Waals surface area contributed by atoms with Crippen LogP contribution >= 0.6 is 0 Å². The van der Waals surface area contributed by atoms with Gasteiger partial charge in [0, 0.05) is 6.92 Å². The Morgan fingerprint density at radius 1 is 1.00 bits per heavy atom. The van der Waals surface area contributed by atoms with E-state index < -0.39 is 0 Å². The molecule has 0 bridgehead atoms. The van der Waals surface area contributed by atoms with Gasteiger partial charge in [-0.15, -0.1) is 0 Å². The quantitative estimate of drug-likeness (QED) is 0.341. The molecule has 0 saturated carbocycles. The summed E-state index contributed by atoms with van der Waals surface area (Å²) >= 11 is 0. The number of ether oxygens (including phenoxy) is 4. The minimum Gasteiger partial charge on any atom is -0.493 e. The summed E-state index contributed by atoms with van der Waals surface area (Å²) in [4.78, 5) is 11.0. The molecule has 2 aromatic rings. The predicted octanol–water partition coefficient (Wildman–Crippen LogP) is 3.70. The maximum absolute atomic E-state index is 11.0. The number of nitriles is 1. The molecule has 26 heavy (non-hydrogen) atoms. The third-order valence-electron chi connectivity index (χ3n) is 3.55. The van der Waals surface area contributed by atoms with Crippen LogP contribution in [-0.4, -0.2) is 27.3 Å². The van der Waals surface area contributed by atoms with Crippen molar-refractivity contribution in [1.82, 2.24) is 0 Å². The van der Waals surface area contributed by atoms with E-state index in [1.807, 2.05) is 0 Å². The average Bonchev–Trinajstić information content (AvgIpc) is 2.65. The molecule has 134 valence electrons. The van der Waals surface area contributed by atoms with Crippen molar-refractivity contribution in [3.63, 3.8) is 0 Å². The highest BCUT2D eigenvalue weighted by atomic mass is 16.5. The molecule has 0 heterocycles. The molecular formula is C20H19NO5. The van der Waals surface area contributed by atoms with E-state index in [9.17, 15) is 10.1 Å². The molecule has 0 spiro atoms. The number of carbonyl (C=O) groups is 1. The van der Waals surface area contributed by atoms with E-state index in [1.54, 1.807) is 42.5 Å². The first-order valence-electron chi connectivity index (χ1n) is 7.73. The zero-order valence-electron chi connectivity index (χ0n) is 15.0. The summed E-state index contributed by atoms with van der Waals surface area (Å²) in [5, 5.41) is 9.57. The van der Waals surface area contributed by atoms with Crippen molar-refractivity contribution in [2.24, 2.45) is 0 Å². The molecule has 6 nitrogen and oxygen atoms in total. The van der Waals surface area contributed by atoms with Gasteiger partial charge in [-0.3, -0.25) is 4.79 Å². The van der Waals surface area contributed by atoms with Crippen LogP contribution in [-0.2, 0) is 4.79 Å². The van der Waals surface area contributed by atoms with Gasteiger partial charge < -0.3 is 18.9 Å². The van der Waals surface area contributed by atoms with Gasteiger partial charge >= 0.3 is 5.97 Å². The van der Waals surface area contributed by atoms with Crippen LogP contribution in [0.15, 0.2) is 36.4 Å². The summed E-state index contributed by atoms with van der Waals surface area (Å²) in [7, 11) is 4.56. The predicted molar refractivity (Wildman–Crippen MR) is 97.3 cm³/mol. The van der Waals surface area contributed by atoms with Gasteiger partial charge in [-0.1, -0.05) is 12.1 Å². The Kier molecular flexibility index (Phi) is 6.23. The molecule has 0 unspecified atom stereocenters. The molecule has 6 heteroatoms. The first-order valence-corrected chi connectivity index (χ1v) is 7.73. The zero-order valence-corrected chi connectivity index (χ0v) is 15.0. The number of allylic oxidation sites excluding steroid dienone is 1. The first kappa shape index (κ1) is 18.9. The third-order valence-corrected chi connectivity index (χ3v) is 3.55. The number of hydrogen-bond acceptors (Lipinski definition) is 6. The topological polar surface area (TPSA) is 77.8 Å². The number of methoxy groups -OCH3 is 3. The highest BCUT2D eigenvalue weighted by Crippen LogP contribution is 2.40. The number of nitrogens with zero attached hydrogens (tertiary/aromatic N) is 1. The summed E-state index contributed by atoms with van der Waals surface area (Å²) in [6.07, 6.45) is 1.72. The summed E-state index contributed by atoms with van der Waals surface area (Å²) in [5.41, 5.74) is 1.83. The maximum Gasteiger partial charge on any atom is 0.308 e. The van der Waals surface area contributed by atoms with E-state index in [4.69, 9.17) is 18.9 Å². The first-order chi connectivity index (χ1) is 12.5. The molecular weight excluding hydrogens is 334 g/mol. The number of carbonyl (C=O) groups excluding carboxylic acids is 1. The van der Waals surface area contributed by atoms with Gasteiger partial charge in [0.15, 0.2) is 11.5 Å². The van der Waals surface area contributed by atoms with Crippen LogP contribution in [0.3, 0.4) is 0 Å². The Morgan fingerprint density at radius 3 is 2.00 bits per heavy atom. The standard InChI is InChI=1S/C20H19NO5/c1-13(22)26-17-7-5-14(6-8-17)9-16(12-21)15-10-18(23-2)20(25-4)19(11-15)24-3/h5-11H,1-4H3. The Bertz CT molecular complexity index is 838. The van der Waals surface area contributed by atoms with Crippen LogP contribution < -0.4 is 18.9 Å². The van der Waals surface area contributed by atoms with Gasteiger partial charge in [-0.2, -0.15) is 5.26 Å². The largest absolute Gasteiger partial charge is 0.493 e. The van der Waals surface area contributed by atoms with Gasteiger partial charge in [0.1, 0.15) is 5.75 Å². The number of hydrogen-bond donors (Lipinski definition) is 0. The second-order valence-electron chi connectivity index (χ2n) is 5.25. The fraction of sp³-hybridized carbons (Fsp3) is 0.200. The Hall–Kier alpha value is -3.46. The van der Waals surface area contributed by atoms with Crippen LogP contribution in [0.2, 0.25) is 0 Å². The van der Waals surface area contributed by atoms with Crippen molar-refractivity contribution in [3.05, 3.63) is 47.5 Å². The second kappa shape index (κ2) is 8.58. The van der Waals surface area contributed by atoms with Gasteiger partial charge in [-0.25, -0.2) is 0 Å². The SMILES string of the molecule is COc1cc(C(C#N)=Cc2ccc(OC(C)=O)cc2)cc(OC)c1OC. The van der Waals surface area contributed by atoms with E-state index in [-0.39, 0.29) is 5.97 Å². The summed E-state index contributed by atoms with van der Waals surface area (Å²) < 4.78 is 20.9. The van der Waals surface area contributed by atoms with Crippen molar-refractivity contribution in [2.45, 2.75) is 6.92 Å². The molecule has 2 rings (SSSR count). The van der Waals surface area contributed by atoms with Gasteiger partial charge in [0.05, 0.1) is 33.0 Å². The van der Waals surface area contributed by atoms with Crippen molar-refractivity contribution >= 4 is 17.6 Å². The molecule has 0 aromatic heterocycles. The summed E-state index contributed by atoms with van der Waals surface area (Å²) in [6.45, 7) is 1.34. The Balaban J connectivity index is 2.43. The lowest BCUT2D eigenvalue weighted by molar-refractivity contribution is -0.131. The van der Waals surface area contributed by atoms with Crippen molar-refractivity contribution in [2.75, 3.05) is 21.3 Å². The van der Waals surface area contributed by atoms with E-state index in [0.717, 1.165) is 5.56 Å². The normalized spacial score (nSPS) is 10.7. The number of esters is 1. The monoisotopic (exact) mass is 353 g/mol. The lowest BCUT2D eigenvalue weighted by Gasteiger charge is -2.13. The van der Waals surface area contributed by atoms with Gasteiger partial charge in [0.2, 0.25) is 5.75 Å². The van der Waals surface area contributed by atoms with Crippen molar-refractivity contribution in [3.8, 4) is 29.1 Å². The molecule has 0 aliphatic carbocycles. The summed E-state index contributed by atoms with van der Waals surface area (Å²) in [5.74, 6) is 1.45. The van der Waals surface area contributed by atoms with E-state index in [0.29, 0.717) is 34.1 Å². The highest BCUT2D eigenvalue weighted by Gasteiger charge is 2.15. The number of benzene rings is 2. The molecule has 0 radical (unpaired) electrons. The maximum atomic E-state index is 11.0. The van der Waals surface area contributed by atoms with Crippen molar-refractivity contribution < 1.29 is 23.7 Å². The van der Waals surface area contributed by atoms with Crippen LogP contribution in [0.4, 0.5) is 0 Å². The summed E-state index contributed by atoms with van der Waals surface area (Å²) in [6, 6.07) is 12.4. The van der Waals surface area contributed by atoms with Crippen LogP contribution in [0, 0.1) is 11.3 Å². The Morgan fingerprint density at radius 2 is 1.58 bits per heavy atom. The second-order valence-corrected chi connectivity index (χ2v) is 5.25. The van der Waals surface area contributed by atoms with E-state index in [2.05, 4.69) is 6.07 Å². The molecule has 0 amide bonds. The van der Waals surface area contributed by atoms with Crippen LogP contribution in [0.5, 0.6) is 23.0 Å². The molecule has 0 aliphatic rings. The third kappa shape index (κ3) is 4.33.